The van der Waals surface area contributed by atoms with Gasteiger partial charge in [-0.15, -0.1) is 0 Å². The molecule has 1 aromatic heterocycles. The number of aldehydes is 1. The summed E-state index contributed by atoms with van der Waals surface area (Å²) in [6.45, 7) is 2.02. The minimum absolute atomic E-state index is 0.501. The molecule has 3 heteroatoms. The minimum Gasteiger partial charge on any atom is -0.296 e. The lowest BCUT2D eigenvalue weighted by atomic mass is 10.1. The van der Waals surface area contributed by atoms with Crippen LogP contribution < -0.4 is 0 Å². The van der Waals surface area contributed by atoms with E-state index in [4.69, 9.17) is 0 Å². The highest BCUT2D eigenvalue weighted by Gasteiger charge is 2.02. The predicted octanol–water partition coefficient (Wildman–Crippen LogP) is 2.20. The Balaban J connectivity index is 2.43. The van der Waals surface area contributed by atoms with Gasteiger partial charge in [0.1, 0.15) is 0 Å². The van der Waals surface area contributed by atoms with Crippen LogP contribution in [0.2, 0.25) is 0 Å². The quantitative estimate of drug-likeness (QED) is 0.731. The fraction of sp³-hybridized carbons (Fsp3) is 0.0909. The van der Waals surface area contributed by atoms with Crippen molar-refractivity contribution in [1.82, 2.24) is 10.2 Å². The molecule has 1 aromatic carbocycles. The van der Waals surface area contributed by atoms with Crippen molar-refractivity contribution in [2.75, 3.05) is 0 Å². The molecule has 0 aliphatic carbocycles. The molecule has 0 bridgehead atoms. The largest absolute Gasteiger partial charge is 0.296 e. The summed E-state index contributed by atoms with van der Waals surface area (Å²) in [5.41, 5.74) is 3.50. The first-order chi connectivity index (χ1) is 6.79. The van der Waals surface area contributed by atoms with Crippen molar-refractivity contribution in [2.24, 2.45) is 0 Å². The number of aromatic amines is 1. The predicted molar refractivity (Wildman–Crippen MR) is 54.1 cm³/mol. The minimum atomic E-state index is 0.501. The third-order valence-electron chi connectivity index (χ3n) is 2.04. The maximum absolute atomic E-state index is 10.4. The number of hydrogen-bond acceptors (Lipinski definition) is 2. The third kappa shape index (κ3) is 1.57. The van der Waals surface area contributed by atoms with E-state index in [1.165, 1.54) is 5.56 Å². The number of rotatable bonds is 2. The van der Waals surface area contributed by atoms with Crippen molar-refractivity contribution >= 4 is 6.29 Å². The van der Waals surface area contributed by atoms with E-state index in [1.54, 1.807) is 6.07 Å². The Hall–Kier alpha value is -1.90. The van der Waals surface area contributed by atoms with Crippen LogP contribution in [0.1, 0.15) is 16.1 Å². The van der Waals surface area contributed by atoms with E-state index >= 15 is 0 Å². The van der Waals surface area contributed by atoms with Gasteiger partial charge in [-0.05, 0) is 19.1 Å². The summed E-state index contributed by atoms with van der Waals surface area (Å²) < 4.78 is 0. The summed E-state index contributed by atoms with van der Waals surface area (Å²) in [6.07, 6.45) is 0.756. The van der Waals surface area contributed by atoms with E-state index in [0.717, 1.165) is 17.5 Å². The van der Waals surface area contributed by atoms with Crippen molar-refractivity contribution in [3.05, 3.63) is 41.6 Å². The zero-order valence-electron chi connectivity index (χ0n) is 7.82. The van der Waals surface area contributed by atoms with Crippen LogP contribution in [-0.4, -0.2) is 16.5 Å². The molecule has 2 aromatic rings. The standard InChI is InChI=1S/C11H10N2O/c1-8-3-2-4-9(5-8)11-6-10(7-14)12-13-11/h2-7H,1H3,(H,12,13). The number of nitrogens with zero attached hydrogens (tertiary/aromatic N) is 1. The van der Waals surface area contributed by atoms with Crippen molar-refractivity contribution in [1.29, 1.82) is 0 Å². The molecule has 3 nitrogen and oxygen atoms in total. The summed E-state index contributed by atoms with van der Waals surface area (Å²) in [4.78, 5) is 10.4. The average molecular weight is 186 g/mol. The molecule has 0 aliphatic rings. The first-order valence-corrected chi connectivity index (χ1v) is 4.37. The van der Waals surface area contributed by atoms with Gasteiger partial charge in [-0.2, -0.15) is 5.10 Å². The van der Waals surface area contributed by atoms with Gasteiger partial charge >= 0.3 is 0 Å². The third-order valence-corrected chi connectivity index (χ3v) is 2.04. The lowest BCUT2D eigenvalue weighted by Crippen LogP contribution is -1.78. The Morgan fingerprint density at radius 3 is 2.86 bits per heavy atom. The normalized spacial score (nSPS) is 10.1. The Morgan fingerprint density at radius 1 is 1.36 bits per heavy atom. The van der Waals surface area contributed by atoms with Crippen LogP contribution in [0.25, 0.3) is 11.3 Å². The SMILES string of the molecule is Cc1cccc(-c2cc(C=O)[nH]n2)c1. The van der Waals surface area contributed by atoms with Crippen molar-refractivity contribution in [3.8, 4) is 11.3 Å². The highest BCUT2D eigenvalue weighted by atomic mass is 16.1. The van der Waals surface area contributed by atoms with Crippen LogP contribution in [0.5, 0.6) is 0 Å². The zero-order valence-corrected chi connectivity index (χ0v) is 7.82. The van der Waals surface area contributed by atoms with Gasteiger partial charge in [0.05, 0.1) is 11.4 Å². The van der Waals surface area contributed by atoms with E-state index < -0.39 is 0 Å². The molecule has 0 fully saturated rings. The molecule has 0 radical (unpaired) electrons. The van der Waals surface area contributed by atoms with Crippen molar-refractivity contribution in [2.45, 2.75) is 6.92 Å². The second kappa shape index (κ2) is 3.46. The van der Waals surface area contributed by atoms with Gasteiger partial charge in [0.15, 0.2) is 6.29 Å². The number of carbonyl (C=O) groups excluding carboxylic acids is 1. The summed E-state index contributed by atoms with van der Waals surface area (Å²) in [7, 11) is 0. The summed E-state index contributed by atoms with van der Waals surface area (Å²) in [5.74, 6) is 0. The van der Waals surface area contributed by atoms with Gasteiger partial charge in [-0.3, -0.25) is 9.89 Å². The lowest BCUT2D eigenvalue weighted by Gasteiger charge is -1.96. The van der Waals surface area contributed by atoms with Crippen molar-refractivity contribution < 1.29 is 4.79 Å². The van der Waals surface area contributed by atoms with Gasteiger partial charge in [0.2, 0.25) is 0 Å². The van der Waals surface area contributed by atoms with Gasteiger partial charge in [-0.25, -0.2) is 0 Å². The molecular weight excluding hydrogens is 176 g/mol. The van der Waals surface area contributed by atoms with Gasteiger partial charge in [0, 0.05) is 5.56 Å². The molecule has 0 amide bonds. The number of carbonyl (C=O) groups is 1. The van der Waals surface area contributed by atoms with Crippen LogP contribution in [0.3, 0.4) is 0 Å². The Labute approximate surface area is 81.8 Å². The smallest absolute Gasteiger partial charge is 0.167 e. The summed E-state index contributed by atoms with van der Waals surface area (Å²) >= 11 is 0. The monoisotopic (exact) mass is 186 g/mol. The highest BCUT2D eigenvalue weighted by Crippen LogP contribution is 2.17. The Bertz CT molecular complexity index is 460. The number of aromatic nitrogens is 2. The summed E-state index contributed by atoms with van der Waals surface area (Å²) in [6, 6.07) is 9.74. The number of H-pyrrole nitrogens is 1. The molecule has 0 spiro atoms. The fourth-order valence-corrected chi connectivity index (χ4v) is 1.35. The van der Waals surface area contributed by atoms with Gasteiger partial charge in [-0.1, -0.05) is 23.8 Å². The molecule has 0 saturated carbocycles. The fourth-order valence-electron chi connectivity index (χ4n) is 1.35. The van der Waals surface area contributed by atoms with Crippen LogP contribution in [0.4, 0.5) is 0 Å². The zero-order chi connectivity index (χ0) is 9.97. The molecule has 0 aliphatic heterocycles. The van der Waals surface area contributed by atoms with Crippen LogP contribution in [0, 0.1) is 6.92 Å². The van der Waals surface area contributed by atoms with E-state index in [0.29, 0.717) is 5.69 Å². The average Bonchev–Trinajstić information content (AvgIpc) is 2.66. The molecule has 2 rings (SSSR count). The maximum Gasteiger partial charge on any atom is 0.167 e. The molecular formula is C11H10N2O. The van der Waals surface area contributed by atoms with E-state index in [2.05, 4.69) is 10.2 Å². The summed E-state index contributed by atoms with van der Waals surface area (Å²) in [5, 5.41) is 6.70. The number of benzene rings is 1. The number of nitrogens with one attached hydrogen (secondary N) is 1. The van der Waals surface area contributed by atoms with E-state index in [1.807, 2.05) is 31.2 Å². The molecule has 0 saturated heterocycles. The molecule has 0 unspecified atom stereocenters. The number of aryl methyl sites for hydroxylation is 1. The number of hydrogen-bond donors (Lipinski definition) is 1. The van der Waals surface area contributed by atoms with E-state index in [9.17, 15) is 4.79 Å². The highest BCUT2D eigenvalue weighted by molar-refractivity contribution is 5.75. The van der Waals surface area contributed by atoms with Crippen LogP contribution in [0.15, 0.2) is 30.3 Å². The first kappa shape index (κ1) is 8.69. The van der Waals surface area contributed by atoms with Gasteiger partial charge in [0.25, 0.3) is 0 Å². The van der Waals surface area contributed by atoms with Crippen molar-refractivity contribution in [3.63, 3.8) is 0 Å². The topological polar surface area (TPSA) is 45.8 Å². The first-order valence-electron chi connectivity index (χ1n) is 4.37. The van der Waals surface area contributed by atoms with Gasteiger partial charge < -0.3 is 0 Å². The second-order valence-corrected chi connectivity index (χ2v) is 3.20. The molecule has 14 heavy (non-hydrogen) atoms. The molecule has 0 atom stereocenters. The maximum atomic E-state index is 10.4. The van der Waals surface area contributed by atoms with Crippen LogP contribution >= 0.6 is 0 Å². The lowest BCUT2D eigenvalue weighted by molar-refractivity contribution is 0.111. The second-order valence-electron chi connectivity index (χ2n) is 3.20. The van der Waals surface area contributed by atoms with E-state index in [-0.39, 0.29) is 0 Å². The molecule has 1 N–H and O–H groups in total. The molecule has 1 heterocycles. The Kier molecular flexibility index (Phi) is 2.14. The Morgan fingerprint density at radius 2 is 2.21 bits per heavy atom. The van der Waals surface area contributed by atoms with Crippen LogP contribution in [-0.2, 0) is 0 Å². The molecule has 70 valence electrons.